The molecule has 1 atom stereocenters. The van der Waals surface area contributed by atoms with Crippen molar-refractivity contribution < 1.29 is 19.1 Å². The Bertz CT molecular complexity index is 923. The molecule has 0 radical (unpaired) electrons. The van der Waals surface area contributed by atoms with Crippen LogP contribution < -0.4 is 5.32 Å². The number of nitrogens with zero attached hydrogens (tertiary/aromatic N) is 4. The number of rotatable bonds is 9. The fourth-order valence-corrected chi connectivity index (χ4v) is 3.66. The number of likely N-dealkylation sites (tertiary alicyclic amines) is 1. The molecule has 1 aliphatic heterocycles. The molecule has 1 saturated heterocycles. The molecule has 1 aromatic heterocycles. The van der Waals surface area contributed by atoms with Crippen LogP contribution in [0.5, 0.6) is 0 Å². The molecule has 0 saturated carbocycles. The van der Waals surface area contributed by atoms with Crippen LogP contribution in [0.1, 0.15) is 30.6 Å². The summed E-state index contributed by atoms with van der Waals surface area (Å²) in [5.74, 6) is -0.768. The van der Waals surface area contributed by atoms with Crippen LogP contribution in [-0.2, 0) is 14.3 Å². The highest BCUT2D eigenvalue weighted by molar-refractivity contribution is 6.04. The predicted molar refractivity (Wildman–Crippen MR) is 116 cm³/mol. The summed E-state index contributed by atoms with van der Waals surface area (Å²) in [6, 6.07) is 9.29. The molecule has 1 N–H and O–H groups in total. The summed E-state index contributed by atoms with van der Waals surface area (Å²) in [7, 11) is 1.57. The first-order valence-electron chi connectivity index (χ1n) is 10.5. The summed E-state index contributed by atoms with van der Waals surface area (Å²) in [6.07, 6.45) is 1.61. The Morgan fingerprint density at radius 1 is 1.23 bits per heavy atom. The summed E-state index contributed by atoms with van der Waals surface area (Å²) >= 11 is 0. The third-order valence-electron chi connectivity index (χ3n) is 5.44. The fourth-order valence-electron chi connectivity index (χ4n) is 3.66. The molecule has 2 aromatic rings. The van der Waals surface area contributed by atoms with Gasteiger partial charge in [-0.25, -0.2) is 4.68 Å². The number of carbonyl (C=O) groups excluding carboxylic acids is 3. The van der Waals surface area contributed by atoms with Crippen LogP contribution in [0.25, 0.3) is 5.69 Å². The van der Waals surface area contributed by atoms with E-state index in [2.05, 4.69) is 10.4 Å². The normalized spacial score (nSPS) is 15.9. The van der Waals surface area contributed by atoms with Crippen LogP contribution in [0.15, 0.2) is 36.5 Å². The van der Waals surface area contributed by atoms with Crippen LogP contribution >= 0.6 is 0 Å². The maximum atomic E-state index is 13.1. The fraction of sp³-hybridized carbons (Fsp3) is 0.455. The van der Waals surface area contributed by atoms with Crippen molar-refractivity contribution in [2.75, 3.05) is 45.2 Å². The minimum absolute atomic E-state index is 0.0757. The number of ether oxygens (including phenoxy) is 1. The number of benzene rings is 1. The monoisotopic (exact) mass is 427 g/mol. The zero-order chi connectivity index (χ0) is 22.4. The summed E-state index contributed by atoms with van der Waals surface area (Å²) in [4.78, 5) is 41.6. The van der Waals surface area contributed by atoms with Gasteiger partial charge < -0.3 is 19.9 Å². The van der Waals surface area contributed by atoms with Gasteiger partial charge in [-0.05, 0) is 26.0 Å². The van der Waals surface area contributed by atoms with Crippen molar-refractivity contribution in [2.24, 2.45) is 5.92 Å². The Morgan fingerprint density at radius 2 is 1.94 bits per heavy atom. The number of hydrogen-bond acceptors (Lipinski definition) is 5. The van der Waals surface area contributed by atoms with E-state index in [0.717, 1.165) is 5.69 Å². The highest BCUT2D eigenvalue weighted by Crippen LogP contribution is 2.25. The molecule has 3 amide bonds. The zero-order valence-corrected chi connectivity index (χ0v) is 18.2. The summed E-state index contributed by atoms with van der Waals surface area (Å²) in [5.41, 5.74) is 1.04. The van der Waals surface area contributed by atoms with Crippen LogP contribution in [0, 0.1) is 5.92 Å². The van der Waals surface area contributed by atoms with Gasteiger partial charge in [-0.1, -0.05) is 18.2 Å². The molecule has 0 spiro atoms. The van der Waals surface area contributed by atoms with Crippen LogP contribution in [0.4, 0.5) is 5.82 Å². The van der Waals surface area contributed by atoms with Gasteiger partial charge in [0.25, 0.3) is 5.91 Å². The molecule has 0 aliphatic carbocycles. The molecule has 9 heteroatoms. The van der Waals surface area contributed by atoms with E-state index in [4.69, 9.17) is 4.74 Å². The average molecular weight is 428 g/mol. The Balaban J connectivity index is 1.88. The molecule has 9 nitrogen and oxygen atoms in total. The first kappa shape index (κ1) is 22.5. The van der Waals surface area contributed by atoms with Crippen molar-refractivity contribution in [3.8, 4) is 5.69 Å². The summed E-state index contributed by atoms with van der Waals surface area (Å²) in [6.45, 7) is 6.10. The van der Waals surface area contributed by atoms with Crippen molar-refractivity contribution in [1.29, 1.82) is 0 Å². The molecule has 0 bridgehead atoms. The molecule has 31 heavy (non-hydrogen) atoms. The third-order valence-corrected chi connectivity index (χ3v) is 5.44. The SMILES string of the molecule is CCN(CC)C(=O)c1cnn(-c2ccccc2)c1NC(=O)C1CC(=O)N(CCOC)C1. The molecular weight excluding hydrogens is 398 g/mol. The lowest BCUT2D eigenvalue weighted by molar-refractivity contribution is -0.128. The smallest absolute Gasteiger partial charge is 0.259 e. The third kappa shape index (κ3) is 4.93. The van der Waals surface area contributed by atoms with Gasteiger partial charge in [0.2, 0.25) is 11.8 Å². The van der Waals surface area contributed by atoms with Crippen molar-refractivity contribution in [2.45, 2.75) is 20.3 Å². The van der Waals surface area contributed by atoms with E-state index in [0.29, 0.717) is 44.2 Å². The second-order valence-corrected chi connectivity index (χ2v) is 7.35. The number of anilines is 1. The van der Waals surface area contributed by atoms with Gasteiger partial charge in [0.1, 0.15) is 11.4 Å². The topological polar surface area (TPSA) is 96.8 Å². The van der Waals surface area contributed by atoms with Crippen LogP contribution in [0.2, 0.25) is 0 Å². The molecular formula is C22H29N5O4. The summed E-state index contributed by atoms with van der Waals surface area (Å²) in [5, 5.41) is 7.25. The Kier molecular flexibility index (Phi) is 7.41. The lowest BCUT2D eigenvalue weighted by Crippen LogP contribution is -2.33. The van der Waals surface area contributed by atoms with Gasteiger partial charge in [-0.2, -0.15) is 5.10 Å². The molecule has 3 rings (SSSR count). The number of hydrogen-bond donors (Lipinski definition) is 1. The quantitative estimate of drug-likeness (QED) is 0.658. The van der Waals surface area contributed by atoms with Crippen molar-refractivity contribution in [3.05, 3.63) is 42.1 Å². The van der Waals surface area contributed by atoms with E-state index in [1.807, 2.05) is 44.2 Å². The number of methoxy groups -OCH3 is 1. The molecule has 1 fully saturated rings. The number of aromatic nitrogens is 2. The predicted octanol–water partition coefficient (Wildman–Crippen LogP) is 1.79. The van der Waals surface area contributed by atoms with Crippen molar-refractivity contribution in [3.63, 3.8) is 0 Å². The maximum absolute atomic E-state index is 13.1. The van der Waals surface area contributed by atoms with E-state index < -0.39 is 5.92 Å². The van der Waals surface area contributed by atoms with Crippen LogP contribution in [0.3, 0.4) is 0 Å². The van der Waals surface area contributed by atoms with E-state index in [9.17, 15) is 14.4 Å². The van der Waals surface area contributed by atoms with Gasteiger partial charge in [-0.3, -0.25) is 14.4 Å². The molecule has 1 unspecified atom stereocenters. The summed E-state index contributed by atoms with van der Waals surface area (Å²) < 4.78 is 6.58. The van der Waals surface area contributed by atoms with Gasteiger partial charge in [0, 0.05) is 39.7 Å². The largest absolute Gasteiger partial charge is 0.383 e. The minimum atomic E-state index is -0.500. The van der Waals surface area contributed by atoms with Crippen molar-refractivity contribution >= 4 is 23.5 Å². The van der Waals surface area contributed by atoms with E-state index >= 15 is 0 Å². The Morgan fingerprint density at radius 3 is 2.58 bits per heavy atom. The molecule has 2 heterocycles. The first-order chi connectivity index (χ1) is 15.0. The number of para-hydroxylation sites is 1. The number of carbonyl (C=O) groups is 3. The van der Waals surface area contributed by atoms with Gasteiger partial charge in [-0.15, -0.1) is 0 Å². The number of nitrogens with one attached hydrogen (secondary N) is 1. The second-order valence-electron chi connectivity index (χ2n) is 7.35. The van der Waals surface area contributed by atoms with Crippen molar-refractivity contribution in [1.82, 2.24) is 19.6 Å². The first-order valence-corrected chi connectivity index (χ1v) is 10.5. The standard InChI is InChI=1S/C22H29N5O4/c1-4-25(5-2)22(30)18-14-23-27(17-9-7-6-8-10-17)20(18)24-21(29)16-13-19(28)26(15-16)11-12-31-3/h6-10,14,16H,4-5,11-13,15H2,1-3H3,(H,24,29). The minimum Gasteiger partial charge on any atom is -0.383 e. The van der Waals surface area contributed by atoms with Gasteiger partial charge in [0.05, 0.1) is 24.4 Å². The molecule has 1 aromatic carbocycles. The molecule has 166 valence electrons. The number of amides is 3. The van der Waals surface area contributed by atoms with Gasteiger partial charge in [0.15, 0.2) is 0 Å². The van der Waals surface area contributed by atoms with E-state index in [1.165, 1.54) is 6.20 Å². The average Bonchev–Trinajstić information content (AvgIpc) is 3.37. The highest BCUT2D eigenvalue weighted by atomic mass is 16.5. The maximum Gasteiger partial charge on any atom is 0.259 e. The molecule has 1 aliphatic rings. The highest BCUT2D eigenvalue weighted by Gasteiger charge is 2.35. The zero-order valence-electron chi connectivity index (χ0n) is 18.2. The Labute approximate surface area is 182 Å². The van der Waals surface area contributed by atoms with E-state index in [-0.39, 0.29) is 24.1 Å². The van der Waals surface area contributed by atoms with Crippen LogP contribution in [-0.4, -0.2) is 77.2 Å². The lowest BCUT2D eigenvalue weighted by atomic mass is 10.1. The lowest BCUT2D eigenvalue weighted by Gasteiger charge is -2.20. The second kappa shape index (κ2) is 10.2. The van der Waals surface area contributed by atoms with Gasteiger partial charge >= 0.3 is 0 Å². The van der Waals surface area contributed by atoms with E-state index in [1.54, 1.807) is 21.6 Å². The Hall–Kier alpha value is -3.20.